The van der Waals surface area contributed by atoms with Crippen molar-refractivity contribution in [3.05, 3.63) is 94.6 Å². The Labute approximate surface area is 255 Å². The second-order valence-corrected chi connectivity index (χ2v) is 10.6. The smallest absolute Gasteiger partial charge is 0.260 e. The monoisotopic (exact) mass is 602 g/mol. The first-order valence-corrected chi connectivity index (χ1v) is 14.6. The van der Waals surface area contributed by atoms with Gasteiger partial charge in [0.2, 0.25) is 11.7 Å². The summed E-state index contributed by atoms with van der Waals surface area (Å²) in [6.07, 6.45) is 5.46. The normalized spacial score (nSPS) is 17.8. The summed E-state index contributed by atoms with van der Waals surface area (Å²) in [6.45, 7) is 10.2. The molecule has 0 atom stereocenters. The number of aryl methyl sites for hydroxylation is 1. The lowest BCUT2D eigenvalue weighted by Gasteiger charge is -2.31. The Balaban J connectivity index is 1.51. The molecule has 11 heteroatoms. The van der Waals surface area contributed by atoms with Gasteiger partial charge in [0.05, 0.1) is 6.54 Å². The van der Waals surface area contributed by atoms with E-state index in [0.717, 1.165) is 24.0 Å². The van der Waals surface area contributed by atoms with Crippen LogP contribution in [0.15, 0.2) is 82.1 Å². The fourth-order valence-electron chi connectivity index (χ4n) is 4.98. The molecular weight excluding hydrogens is 568 g/mol. The highest BCUT2D eigenvalue weighted by molar-refractivity contribution is 6.37. The molecule has 3 aromatic rings. The van der Waals surface area contributed by atoms with Crippen LogP contribution in [0.3, 0.4) is 0 Å². The Morgan fingerprint density at radius 2 is 2.09 bits per heavy atom. The maximum atomic E-state index is 14.3. The number of carbonyl (C=O) groups excluding carboxylic acids is 1. The lowest BCUT2D eigenvalue weighted by atomic mass is 9.95. The van der Waals surface area contributed by atoms with Crippen molar-refractivity contribution >= 4 is 28.9 Å². The molecule has 1 amide bonds. The number of nitrogens with one attached hydrogen (secondary N) is 1. The quantitative estimate of drug-likeness (QED) is 0.330. The number of allylic oxidation sites excluding steroid dienone is 1. The van der Waals surface area contributed by atoms with Crippen LogP contribution in [-0.2, 0) is 16.1 Å². The minimum atomic E-state index is -0.249. The first-order chi connectivity index (χ1) is 20.9. The minimum absolute atomic E-state index is 0.204. The van der Waals surface area contributed by atoms with Gasteiger partial charge in [0.25, 0.3) is 5.91 Å². The standard InChI is InChI=1S/C32H35ClN6O4/c1-4-23-17-28(27-9-8-24(18-29(27)33)30-37-21(3)43-38-30)32(40)39(19-22-6-5-7-26(16-22)42-15-12-34)31(23)36-20(2)35-25-10-13-41-14-11-25/h4-9,16-18,25,35H,2,10-15,19,34H2,1,3H3/b23-4-,36-31+. The van der Waals surface area contributed by atoms with Crippen molar-refractivity contribution in [2.75, 3.05) is 26.4 Å². The summed E-state index contributed by atoms with van der Waals surface area (Å²) in [5.41, 5.74) is 8.95. The van der Waals surface area contributed by atoms with E-state index in [1.165, 1.54) is 0 Å². The molecule has 0 spiro atoms. The van der Waals surface area contributed by atoms with E-state index in [9.17, 15) is 4.79 Å². The molecule has 2 aliphatic heterocycles. The molecule has 0 unspecified atom stereocenters. The summed E-state index contributed by atoms with van der Waals surface area (Å²) in [6, 6.07) is 13.1. The van der Waals surface area contributed by atoms with Crippen LogP contribution in [0.4, 0.5) is 0 Å². The van der Waals surface area contributed by atoms with Crippen LogP contribution in [0.2, 0.25) is 5.02 Å². The molecule has 3 heterocycles. The number of amides is 1. The molecular formula is C32H35ClN6O4. The molecule has 5 rings (SSSR count). The van der Waals surface area contributed by atoms with E-state index in [0.29, 0.717) is 77.2 Å². The zero-order chi connectivity index (χ0) is 30.3. The number of nitrogens with two attached hydrogens (primary N) is 1. The number of hydrogen-bond donors (Lipinski definition) is 2. The van der Waals surface area contributed by atoms with Gasteiger partial charge in [-0.05, 0) is 49.6 Å². The van der Waals surface area contributed by atoms with E-state index in [1.807, 2.05) is 49.4 Å². The van der Waals surface area contributed by atoms with Crippen LogP contribution in [-0.4, -0.2) is 59.2 Å². The van der Waals surface area contributed by atoms with Gasteiger partial charge in [-0.25, -0.2) is 4.99 Å². The number of carbonyl (C=O) groups is 1. The highest BCUT2D eigenvalue weighted by Gasteiger charge is 2.32. The van der Waals surface area contributed by atoms with E-state index in [-0.39, 0.29) is 18.5 Å². The van der Waals surface area contributed by atoms with E-state index in [4.69, 9.17) is 36.3 Å². The summed E-state index contributed by atoms with van der Waals surface area (Å²) in [5.74, 6) is 2.27. The number of ether oxygens (including phenoxy) is 2. The first kappa shape index (κ1) is 30.2. The number of hydrogen-bond acceptors (Lipinski definition) is 9. The van der Waals surface area contributed by atoms with Gasteiger partial charge >= 0.3 is 0 Å². The fraction of sp³-hybridized carbons (Fsp3) is 0.312. The summed E-state index contributed by atoms with van der Waals surface area (Å²) in [7, 11) is 0. The number of aromatic nitrogens is 2. The summed E-state index contributed by atoms with van der Waals surface area (Å²) in [4.78, 5) is 25.0. The van der Waals surface area contributed by atoms with Gasteiger partial charge in [0.1, 0.15) is 24.0 Å². The van der Waals surface area contributed by atoms with Crippen LogP contribution in [0.5, 0.6) is 5.75 Å². The van der Waals surface area contributed by atoms with E-state index >= 15 is 0 Å². The summed E-state index contributed by atoms with van der Waals surface area (Å²) >= 11 is 6.77. The first-order valence-electron chi connectivity index (χ1n) is 14.2. The van der Waals surface area contributed by atoms with Gasteiger partial charge in [-0.15, -0.1) is 0 Å². The summed E-state index contributed by atoms with van der Waals surface area (Å²) in [5, 5.41) is 7.76. The van der Waals surface area contributed by atoms with Gasteiger partial charge in [0, 0.05) is 60.0 Å². The molecule has 0 saturated carbocycles. The lowest BCUT2D eigenvalue weighted by Crippen LogP contribution is -2.41. The number of amidine groups is 1. The third-order valence-corrected chi connectivity index (χ3v) is 7.42. The Bertz CT molecular complexity index is 1590. The summed E-state index contributed by atoms with van der Waals surface area (Å²) < 4.78 is 16.3. The SMILES string of the molecule is C=C(/N=C1\C(=C/C)C=C(c2ccc(-c3noc(C)n3)cc2Cl)C(=O)N1Cc1cccc(OCCN)c1)NC1CCOCC1. The Morgan fingerprint density at radius 1 is 1.28 bits per heavy atom. The van der Waals surface area contributed by atoms with Crippen molar-refractivity contribution in [1.82, 2.24) is 20.4 Å². The predicted octanol–water partition coefficient (Wildman–Crippen LogP) is 5.05. The Kier molecular flexibility index (Phi) is 9.71. The van der Waals surface area contributed by atoms with E-state index in [2.05, 4.69) is 22.0 Å². The molecule has 1 aromatic heterocycles. The van der Waals surface area contributed by atoms with E-state index < -0.39 is 0 Å². The zero-order valence-electron chi connectivity index (χ0n) is 24.3. The second-order valence-electron chi connectivity index (χ2n) is 10.2. The van der Waals surface area contributed by atoms with Crippen LogP contribution < -0.4 is 15.8 Å². The number of nitrogens with zero attached hydrogens (tertiary/aromatic N) is 4. The maximum Gasteiger partial charge on any atom is 0.260 e. The van der Waals surface area contributed by atoms with Crippen molar-refractivity contribution in [3.63, 3.8) is 0 Å². The third kappa shape index (κ3) is 7.22. The van der Waals surface area contributed by atoms with Crippen molar-refractivity contribution in [1.29, 1.82) is 0 Å². The number of benzene rings is 2. The Morgan fingerprint density at radius 3 is 2.79 bits per heavy atom. The molecule has 1 fully saturated rings. The number of aliphatic imine (C=N–C) groups is 1. The molecule has 10 nitrogen and oxygen atoms in total. The topological polar surface area (TPSA) is 128 Å². The van der Waals surface area contributed by atoms with Crippen molar-refractivity contribution in [2.24, 2.45) is 10.7 Å². The molecule has 3 N–H and O–H groups in total. The predicted molar refractivity (Wildman–Crippen MR) is 166 cm³/mol. The van der Waals surface area contributed by atoms with Crippen LogP contribution in [0.1, 0.15) is 36.8 Å². The molecule has 2 aromatic carbocycles. The number of halogens is 1. The molecule has 1 saturated heterocycles. The van der Waals surface area contributed by atoms with Crippen LogP contribution in [0, 0.1) is 6.92 Å². The molecule has 0 aliphatic carbocycles. The zero-order valence-corrected chi connectivity index (χ0v) is 25.1. The fourth-order valence-corrected chi connectivity index (χ4v) is 5.26. The minimum Gasteiger partial charge on any atom is -0.492 e. The Hall–Kier alpha value is -4.25. The molecule has 224 valence electrons. The van der Waals surface area contributed by atoms with Crippen molar-refractivity contribution < 1.29 is 18.8 Å². The van der Waals surface area contributed by atoms with E-state index in [1.54, 1.807) is 24.0 Å². The highest BCUT2D eigenvalue weighted by atomic mass is 35.5. The molecule has 2 aliphatic rings. The average molecular weight is 603 g/mol. The maximum absolute atomic E-state index is 14.3. The van der Waals surface area contributed by atoms with Crippen molar-refractivity contribution in [3.8, 4) is 17.1 Å². The van der Waals surface area contributed by atoms with Gasteiger partial charge in [0.15, 0.2) is 0 Å². The highest BCUT2D eigenvalue weighted by Crippen LogP contribution is 2.34. The molecule has 43 heavy (non-hydrogen) atoms. The molecule has 0 radical (unpaired) electrons. The van der Waals surface area contributed by atoms with Gasteiger partial charge in [-0.3, -0.25) is 9.69 Å². The van der Waals surface area contributed by atoms with Gasteiger partial charge in [-0.1, -0.05) is 53.7 Å². The average Bonchev–Trinajstić information content (AvgIpc) is 3.45. The van der Waals surface area contributed by atoms with Crippen molar-refractivity contribution in [2.45, 2.75) is 39.3 Å². The molecule has 0 bridgehead atoms. The second kappa shape index (κ2) is 13.8. The van der Waals surface area contributed by atoms with Crippen LogP contribution >= 0.6 is 11.6 Å². The van der Waals surface area contributed by atoms with Gasteiger partial charge in [-0.2, -0.15) is 4.98 Å². The van der Waals surface area contributed by atoms with Gasteiger partial charge < -0.3 is 25.0 Å². The number of rotatable bonds is 10. The van der Waals surface area contributed by atoms with Crippen LogP contribution in [0.25, 0.3) is 17.0 Å². The third-order valence-electron chi connectivity index (χ3n) is 7.10. The largest absolute Gasteiger partial charge is 0.492 e. The lowest BCUT2D eigenvalue weighted by molar-refractivity contribution is -0.122.